The zero-order valence-electron chi connectivity index (χ0n) is 17.2. The number of fused-ring (bicyclic) bond motifs is 2. The molecule has 0 saturated carbocycles. The van der Waals surface area contributed by atoms with E-state index in [1.165, 1.54) is 29.7 Å². The minimum Gasteiger partial charge on any atom is -0.486 e. The quantitative estimate of drug-likeness (QED) is 0.747. The maximum absolute atomic E-state index is 5.95. The van der Waals surface area contributed by atoms with Crippen LogP contribution in [0.15, 0.2) is 48.5 Å². The number of hydrogen-bond acceptors (Lipinski definition) is 4. The molecule has 0 N–H and O–H groups in total. The molecule has 152 valence electrons. The summed E-state index contributed by atoms with van der Waals surface area (Å²) in [5.74, 6) is 2.32. The van der Waals surface area contributed by atoms with E-state index in [0.717, 1.165) is 37.7 Å². The molecule has 29 heavy (non-hydrogen) atoms. The van der Waals surface area contributed by atoms with Gasteiger partial charge in [0, 0.05) is 38.1 Å². The van der Waals surface area contributed by atoms with Crippen LogP contribution in [0.2, 0.25) is 0 Å². The molecule has 2 unspecified atom stereocenters. The van der Waals surface area contributed by atoms with Crippen LogP contribution in [0.4, 0.5) is 5.69 Å². The van der Waals surface area contributed by atoms with Crippen LogP contribution in [0.5, 0.6) is 11.5 Å². The van der Waals surface area contributed by atoms with E-state index in [-0.39, 0.29) is 0 Å². The van der Waals surface area contributed by atoms with Crippen LogP contribution in [-0.2, 0) is 0 Å². The van der Waals surface area contributed by atoms with Crippen molar-refractivity contribution >= 4 is 11.8 Å². The maximum Gasteiger partial charge on any atom is 0.184 e. The molecule has 2 heterocycles. The Bertz CT molecular complexity index is 886. The average molecular weight is 391 g/mol. The van der Waals surface area contributed by atoms with E-state index in [9.17, 15) is 0 Å². The minimum atomic E-state index is 0.513. The Morgan fingerprint density at radius 1 is 0.966 bits per heavy atom. The molecule has 4 heteroatoms. The van der Waals surface area contributed by atoms with Gasteiger partial charge in [-0.2, -0.15) is 0 Å². The molecule has 0 bridgehead atoms. The van der Waals surface area contributed by atoms with Gasteiger partial charge in [-0.05, 0) is 29.7 Å². The zero-order valence-corrected chi connectivity index (χ0v) is 17.2. The fourth-order valence-corrected chi connectivity index (χ4v) is 5.10. The molecule has 2 aliphatic heterocycles. The molecule has 3 aliphatic rings. The van der Waals surface area contributed by atoms with E-state index in [2.05, 4.69) is 65.3 Å². The maximum atomic E-state index is 5.95. The van der Waals surface area contributed by atoms with Gasteiger partial charge in [-0.1, -0.05) is 55.8 Å². The summed E-state index contributed by atoms with van der Waals surface area (Å²) in [5, 5.41) is 0. The number of piperazine rings is 1. The number of benzene rings is 2. The van der Waals surface area contributed by atoms with Crippen molar-refractivity contribution in [3.63, 3.8) is 0 Å². The molecular weight excluding hydrogens is 360 g/mol. The Hall–Kier alpha value is -2.46. The largest absolute Gasteiger partial charge is 0.486 e. The Kier molecular flexibility index (Phi) is 5.19. The van der Waals surface area contributed by atoms with Crippen LogP contribution in [0, 0.1) is 0 Å². The molecule has 2 aromatic carbocycles. The van der Waals surface area contributed by atoms with E-state index < -0.39 is 0 Å². The van der Waals surface area contributed by atoms with Crippen LogP contribution < -0.4 is 14.4 Å². The van der Waals surface area contributed by atoms with Crippen molar-refractivity contribution in [2.75, 3.05) is 44.3 Å². The summed E-state index contributed by atoms with van der Waals surface area (Å²) < 4.78 is 11.7. The second-order valence-electron chi connectivity index (χ2n) is 8.19. The van der Waals surface area contributed by atoms with Gasteiger partial charge >= 0.3 is 0 Å². The fourth-order valence-electron chi connectivity index (χ4n) is 5.10. The lowest BCUT2D eigenvalue weighted by Gasteiger charge is -2.42. The van der Waals surface area contributed by atoms with Crippen LogP contribution in [-0.4, -0.2) is 50.3 Å². The zero-order chi connectivity index (χ0) is 19.6. The number of nitrogens with zero attached hydrogens (tertiary/aromatic N) is 2. The Balaban J connectivity index is 1.31. The molecule has 0 spiro atoms. The SMILES string of the molecule is CCCC(C1C=Cc2ccccc21)N1CCN(c2cccc3c2OCCO3)CC1. The predicted octanol–water partition coefficient (Wildman–Crippen LogP) is 4.56. The number of ether oxygens (including phenoxy) is 2. The molecule has 4 nitrogen and oxygen atoms in total. The minimum absolute atomic E-state index is 0.513. The van der Waals surface area contributed by atoms with E-state index >= 15 is 0 Å². The molecule has 0 radical (unpaired) electrons. The fraction of sp³-hybridized carbons (Fsp3) is 0.440. The summed E-state index contributed by atoms with van der Waals surface area (Å²) >= 11 is 0. The normalized spacial score (nSPS) is 21.8. The molecule has 0 aromatic heterocycles. The van der Waals surface area contributed by atoms with Crippen molar-refractivity contribution in [2.45, 2.75) is 31.7 Å². The predicted molar refractivity (Wildman–Crippen MR) is 118 cm³/mol. The van der Waals surface area contributed by atoms with Gasteiger partial charge in [0.1, 0.15) is 13.2 Å². The lowest BCUT2D eigenvalue weighted by Crippen LogP contribution is -2.51. The third-order valence-corrected chi connectivity index (χ3v) is 6.51. The highest BCUT2D eigenvalue weighted by molar-refractivity contribution is 5.65. The first-order valence-corrected chi connectivity index (χ1v) is 11.0. The van der Waals surface area contributed by atoms with E-state index in [4.69, 9.17) is 9.47 Å². The van der Waals surface area contributed by atoms with Crippen LogP contribution >= 0.6 is 0 Å². The van der Waals surface area contributed by atoms with Gasteiger partial charge in [0.05, 0.1) is 5.69 Å². The van der Waals surface area contributed by atoms with Crippen molar-refractivity contribution in [3.05, 3.63) is 59.7 Å². The summed E-state index contributed by atoms with van der Waals surface area (Å²) in [6.45, 7) is 7.80. The molecule has 0 amide bonds. The standard InChI is InChI=1S/C25H30N2O2/c1-2-6-22(21-12-11-19-7-3-4-8-20(19)21)26-13-15-27(16-14-26)23-9-5-10-24-25(23)29-18-17-28-24/h3-5,7-12,21-22H,2,6,13-18H2,1H3. The first-order valence-electron chi connectivity index (χ1n) is 11.0. The number of rotatable bonds is 5. The van der Waals surface area contributed by atoms with Crippen LogP contribution in [0.3, 0.4) is 0 Å². The summed E-state index contributed by atoms with van der Waals surface area (Å²) in [6.07, 6.45) is 7.19. The van der Waals surface area contributed by atoms with Crippen molar-refractivity contribution in [3.8, 4) is 11.5 Å². The van der Waals surface area contributed by atoms with Crippen molar-refractivity contribution < 1.29 is 9.47 Å². The first kappa shape index (κ1) is 18.6. The molecule has 2 atom stereocenters. The van der Waals surface area contributed by atoms with Crippen LogP contribution in [0.25, 0.3) is 6.08 Å². The van der Waals surface area contributed by atoms with E-state index in [1.54, 1.807) is 0 Å². The molecule has 1 fully saturated rings. The van der Waals surface area contributed by atoms with Gasteiger partial charge in [0.2, 0.25) is 0 Å². The number of para-hydroxylation sites is 1. The smallest absolute Gasteiger partial charge is 0.184 e. The van der Waals surface area contributed by atoms with Gasteiger partial charge in [0.25, 0.3) is 0 Å². The highest BCUT2D eigenvalue weighted by atomic mass is 16.6. The van der Waals surface area contributed by atoms with Crippen LogP contribution in [0.1, 0.15) is 36.8 Å². The second kappa shape index (κ2) is 8.11. The van der Waals surface area contributed by atoms with Crippen molar-refractivity contribution in [1.82, 2.24) is 4.90 Å². The third-order valence-electron chi connectivity index (χ3n) is 6.51. The Morgan fingerprint density at radius 2 is 1.79 bits per heavy atom. The molecule has 1 aliphatic carbocycles. The molecule has 2 aromatic rings. The molecular formula is C25H30N2O2. The van der Waals surface area contributed by atoms with Crippen molar-refractivity contribution in [1.29, 1.82) is 0 Å². The Morgan fingerprint density at radius 3 is 2.66 bits per heavy atom. The van der Waals surface area contributed by atoms with E-state index in [1.807, 2.05) is 6.07 Å². The summed E-state index contributed by atoms with van der Waals surface area (Å²) in [6, 6.07) is 15.7. The topological polar surface area (TPSA) is 24.9 Å². The monoisotopic (exact) mass is 390 g/mol. The lowest BCUT2D eigenvalue weighted by atomic mass is 9.89. The number of hydrogen-bond donors (Lipinski definition) is 0. The summed E-state index contributed by atoms with van der Waals surface area (Å²) in [4.78, 5) is 5.18. The number of anilines is 1. The van der Waals surface area contributed by atoms with Gasteiger partial charge in [-0.15, -0.1) is 0 Å². The van der Waals surface area contributed by atoms with Gasteiger partial charge in [0.15, 0.2) is 11.5 Å². The Labute approximate surface area is 173 Å². The highest BCUT2D eigenvalue weighted by Crippen LogP contribution is 2.41. The second-order valence-corrected chi connectivity index (χ2v) is 8.19. The lowest BCUT2D eigenvalue weighted by molar-refractivity contribution is 0.159. The van der Waals surface area contributed by atoms with Gasteiger partial charge in [-0.25, -0.2) is 0 Å². The molecule has 5 rings (SSSR count). The third kappa shape index (κ3) is 3.51. The van der Waals surface area contributed by atoms with Gasteiger partial charge < -0.3 is 14.4 Å². The van der Waals surface area contributed by atoms with E-state index in [0.29, 0.717) is 25.2 Å². The summed E-state index contributed by atoms with van der Waals surface area (Å²) in [5.41, 5.74) is 4.07. The molecule has 1 saturated heterocycles. The average Bonchev–Trinajstić information content (AvgIpc) is 3.21. The first-order chi connectivity index (χ1) is 14.3. The van der Waals surface area contributed by atoms with Gasteiger partial charge in [-0.3, -0.25) is 4.90 Å². The highest BCUT2D eigenvalue weighted by Gasteiger charge is 2.32. The van der Waals surface area contributed by atoms with Crippen molar-refractivity contribution in [2.24, 2.45) is 0 Å². The summed E-state index contributed by atoms with van der Waals surface area (Å²) in [7, 11) is 0.